The summed E-state index contributed by atoms with van der Waals surface area (Å²) in [5, 5.41) is 1.00. The molecule has 2 aromatic rings. The molecule has 1 aliphatic rings. The van der Waals surface area contributed by atoms with Gasteiger partial charge in [0.1, 0.15) is 11.1 Å². The zero-order chi connectivity index (χ0) is 13.2. The molecule has 1 unspecified atom stereocenters. The van der Waals surface area contributed by atoms with Crippen LogP contribution in [0.25, 0.3) is 11.3 Å². The van der Waals surface area contributed by atoms with E-state index < -0.39 is 0 Å². The molecule has 3 rings (SSSR count). The number of benzene rings is 1. The average molecular weight is 340 g/mol. The minimum Gasteiger partial charge on any atom is -0.376 e. The molecule has 1 saturated heterocycles. The SMILES string of the molecule is Cc1sc(C2COCCO2)nc1-c1ccccc1Br. The first-order chi connectivity index (χ1) is 9.25. The van der Waals surface area contributed by atoms with E-state index in [-0.39, 0.29) is 6.10 Å². The Hall–Kier alpha value is -0.750. The van der Waals surface area contributed by atoms with Crippen molar-refractivity contribution in [1.29, 1.82) is 0 Å². The van der Waals surface area contributed by atoms with Gasteiger partial charge in [0.25, 0.3) is 0 Å². The molecule has 1 fully saturated rings. The monoisotopic (exact) mass is 339 g/mol. The number of aryl methyl sites for hydroxylation is 1. The van der Waals surface area contributed by atoms with Crippen molar-refractivity contribution in [1.82, 2.24) is 4.98 Å². The summed E-state index contributed by atoms with van der Waals surface area (Å²) >= 11 is 5.27. The Labute approximate surface area is 124 Å². The quantitative estimate of drug-likeness (QED) is 0.829. The second kappa shape index (κ2) is 5.71. The summed E-state index contributed by atoms with van der Waals surface area (Å²) in [6, 6.07) is 8.15. The van der Waals surface area contributed by atoms with Crippen molar-refractivity contribution in [2.45, 2.75) is 13.0 Å². The van der Waals surface area contributed by atoms with Crippen LogP contribution in [0.15, 0.2) is 28.7 Å². The highest BCUT2D eigenvalue weighted by molar-refractivity contribution is 9.10. The van der Waals surface area contributed by atoms with E-state index in [0.717, 1.165) is 20.7 Å². The lowest BCUT2D eigenvalue weighted by molar-refractivity contribution is -0.0901. The van der Waals surface area contributed by atoms with E-state index >= 15 is 0 Å². The molecule has 0 saturated carbocycles. The van der Waals surface area contributed by atoms with Crippen molar-refractivity contribution in [2.24, 2.45) is 0 Å². The summed E-state index contributed by atoms with van der Waals surface area (Å²) < 4.78 is 12.2. The molecule has 2 heterocycles. The van der Waals surface area contributed by atoms with Crippen LogP contribution in [-0.2, 0) is 9.47 Å². The number of rotatable bonds is 2. The van der Waals surface area contributed by atoms with Crippen LogP contribution >= 0.6 is 27.3 Å². The second-order valence-corrected chi connectivity index (χ2v) is 6.46. The van der Waals surface area contributed by atoms with Crippen LogP contribution in [0.4, 0.5) is 0 Å². The minimum absolute atomic E-state index is 0.0197. The summed E-state index contributed by atoms with van der Waals surface area (Å²) in [5.74, 6) is 0. The van der Waals surface area contributed by atoms with Gasteiger partial charge in [-0.3, -0.25) is 0 Å². The van der Waals surface area contributed by atoms with Gasteiger partial charge in [0.2, 0.25) is 0 Å². The molecule has 0 bridgehead atoms. The molecule has 0 aliphatic carbocycles. The van der Waals surface area contributed by atoms with Gasteiger partial charge in [-0.1, -0.05) is 34.1 Å². The number of ether oxygens (including phenoxy) is 2. The molecule has 0 radical (unpaired) electrons. The first-order valence-electron chi connectivity index (χ1n) is 6.17. The molecule has 0 N–H and O–H groups in total. The van der Waals surface area contributed by atoms with E-state index in [1.165, 1.54) is 4.88 Å². The fraction of sp³-hybridized carbons (Fsp3) is 0.357. The van der Waals surface area contributed by atoms with Crippen LogP contribution in [0.2, 0.25) is 0 Å². The van der Waals surface area contributed by atoms with E-state index in [1.807, 2.05) is 18.2 Å². The number of hydrogen-bond donors (Lipinski definition) is 0. The smallest absolute Gasteiger partial charge is 0.132 e. The van der Waals surface area contributed by atoms with E-state index in [1.54, 1.807) is 11.3 Å². The fourth-order valence-electron chi connectivity index (χ4n) is 2.09. The van der Waals surface area contributed by atoms with E-state index in [9.17, 15) is 0 Å². The summed E-state index contributed by atoms with van der Waals surface area (Å²) in [6.45, 7) is 4.02. The third-order valence-corrected chi connectivity index (χ3v) is 4.79. The lowest BCUT2D eigenvalue weighted by Crippen LogP contribution is -2.21. The van der Waals surface area contributed by atoms with Crippen molar-refractivity contribution in [3.05, 3.63) is 38.6 Å². The maximum absolute atomic E-state index is 5.71. The zero-order valence-electron chi connectivity index (χ0n) is 10.6. The van der Waals surface area contributed by atoms with Gasteiger partial charge in [0.05, 0.1) is 25.5 Å². The fourth-order valence-corrected chi connectivity index (χ4v) is 3.53. The molecular formula is C14H14BrNO2S. The largest absolute Gasteiger partial charge is 0.376 e. The molecular weight excluding hydrogens is 326 g/mol. The van der Waals surface area contributed by atoms with E-state index in [0.29, 0.717) is 19.8 Å². The van der Waals surface area contributed by atoms with Crippen LogP contribution in [0.3, 0.4) is 0 Å². The van der Waals surface area contributed by atoms with Gasteiger partial charge in [-0.05, 0) is 13.0 Å². The molecule has 5 heteroatoms. The summed E-state index contributed by atoms with van der Waals surface area (Å²) in [5.41, 5.74) is 2.15. The Bertz CT molecular complexity index is 579. The number of thiazole rings is 1. The van der Waals surface area contributed by atoms with Crippen LogP contribution < -0.4 is 0 Å². The summed E-state index contributed by atoms with van der Waals surface area (Å²) in [4.78, 5) is 5.95. The molecule has 1 aliphatic heterocycles. The Morgan fingerprint density at radius 3 is 2.89 bits per heavy atom. The lowest BCUT2D eigenvalue weighted by atomic mass is 10.1. The molecule has 1 aromatic heterocycles. The molecule has 100 valence electrons. The Balaban J connectivity index is 1.95. The first kappa shape index (κ1) is 13.2. The number of aromatic nitrogens is 1. The first-order valence-corrected chi connectivity index (χ1v) is 7.78. The molecule has 3 nitrogen and oxygen atoms in total. The maximum atomic E-state index is 5.71. The normalized spacial score (nSPS) is 19.6. The second-order valence-electron chi connectivity index (χ2n) is 4.37. The van der Waals surface area contributed by atoms with E-state index in [2.05, 4.69) is 28.9 Å². The van der Waals surface area contributed by atoms with Gasteiger partial charge >= 0.3 is 0 Å². The van der Waals surface area contributed by atoms with Crippen molar-refractivity contribution in [2.75, 3.05) is 19.8 Å². The van der Waals surface area contributed by atoms with Crippen LogP contribution in [0.5, 0.6) is 0 Å². The Morgan fingerprint density at radius 1 is 1.32 bits per heavy atom. The van der Waals surface area contributed by atoms with Crippen molar-refractivity contribution in [3.8, 4) is 11.3 Å². The van der Waals surface area contributed by atoms with Crippen molar-refractivity contribution in [3.63, 3.8) is 0 Å². The molecule has 1 aromatic carbocycles. The number of hydrogen-bond acceptors (Lipinski definition) is 4. The Morgan fingerprint density at radius 2 is 2.16 bits per heavy atom. The van der Waals surface area contributed by atoms with Gasteiger partial charge in [0.15, 0.2) is 0 Å². The van der Waals surface area contributed by atoms with Gasteiger partial charge in [-0.25, -0.2) is 4.98 Å². The summed E-state index contributed by atoms with van der Waals surface area (Å²) in [7, 11) is 0. The molecule has 19 heavy (non-hydrogen) atoms. The highest BCUT2D eigenvalue weighted by Crippen LogP contribution is 2.35. The number of halogens is 1. The standard InChI is InChI=1S/C14H14BrNO2S/c1-9-13(10-4-2-3-5-11(10)15)16-14(19-9)12-8-17-6-7-18-12/h2-5,12H,6-8H2,1H3. The van der Waals surface area contributed by atoms with Gasteiger partial charge in [-0.2, -0.15) is 0 Å². The van der Waals surface area contributed by atoms with Crippen molar-refractivity contribution < 1.29 is 9.47 Å². The molecule has 1 atom stereocenters. The maximum Gasteiger partial charge on any atom is 0.132 e. The van der Waals surface area contributed by atoms with Gasteiger partial charge in [0, 0.05) is 14.9 Å². The van der Waals surface area contributed by atoms with Gasteiger partial charge in [-0.15, -0.1) is 11.3 Å². The summed E-state index contributed by atoms with van der Waals surface area (Å²) in [6.07, 6.45) is -0.0197. The van der Waals surface area contributed by atoms with Crippen molar-refractivity contribution >= 4 is 27.3 Å². The third-order valence-electron chi connectivity index (χ3n) is 3.03. The minimum atomic E-state index is -0.0197. The van der Waals surface area contributed by atoms with Crippen LogP contribution in [0.1, 0.15) is 16.0 Å². The molecule has 0 amide bonds. The van der Waals surface area contributed by atoms with E-state index in [4.69, 9.17) is 14.5 Å². The van der Waals surface area contributed by atoms with Crippen LogP contribution in [-0.4, -0.2) is 24.8 Å². The highest BCUT2D eigenvalue weighted by Gasteiger charge is 2.22. The highest BCUT2D eigenvalue weighted by atomic mass is 79.9. The Kier molecular flexibility index (Phi) is 3.98. The van der Waals surface area contributed by atoms with Crippen LogP contribution in [0, 0.1) is 6.92 Å². The predicted molar refractivity (Wildman–Crippen MR) is 79.5 cm³/mol. The average Bonchev–Trinajstić information content (AvgIpc) is 2.82. The predicted octanol–water partition coefficient (Wildman–Crippen LogP) is 3.97. The lowest BCUT2D eigenvalue weighted by Gasteiger charge is -2.20. The number of nitrogens with zero attached hydrogens (tertiary/aromatic N) is 1. The van der Waals surface area contributed by atoms with Gasteiger partial charge < -0.3 is 9.47 Å². The molecule has 0 spiro atoms. The topological polar surface area (TPSA) is 31.4 Å². The zero-order valence-corrected chi connectivity index (χ0v) is 13.0. The third kappa shape index (κ3) is 2.74.